The normalized spacial score (nSPS) is 30.0. The van der Waals surface area contributed by atoms with Crippen molar-refractivity contribution < 1.29 is 59.2 Å². The third-order valence-electron chi connectivity index (χ3n) is 2.65. The molecule has 1 rings (SSSR count). The quantitative estimate of drug-likeness (QED) is 0.442. The molecule has 0 aromatic heterocycles. The zero-order valence-corrected chi connectivity index (χ0v) is 13.1. The van der Waals surface area contributed by atoms with Crippen LogP contribution in [0.15, 0.2) is 11.6 Å². The molecule has 0 fully saturated rings. The second-order valence-electron chi connectivity index (χ2n) is 3.99. The minimum absolute atomic E-state index is 0. The molecule has 1 aliphatic rings. The van der Waals surface area contributed by atoms with Crippen molar-refractivity contribution in [3.05, 3.63) is 11.6 Å². The van der Waals surface area contributed by atoms with Gasteiger partial charge in [0.15, 0.2) is 0 Å². The fraction of sp³-hybridized carbons (Fsp3) is 0.636. The third kappa shape index (κ3) is 4.55. The summed E-state index contributed by atoms with van der Waals surface area (Å²) in [5.74, 6) is -1.97. The van der Waals surface area contributed by atoms with E-state index in [-0.39, 0.29) is 41.7 Å². The third-order valence-corrected chi connectivity index (χ3v) is 2.65. The van der Waals surface area contributed by atoms with Gasteiger partial charge < -0.3 is 30.2 Å². The van der Waals surface area contributed by atoms with Crippen molar-refractivity contribution in [2.45, 2.75) is 38.2 Å². The van der Waals surface area contributed by atoms with Gasteiger partial charge >= 0.3 is 29.6 Å². The van der Waals surface area contributed by atoms with E-state index in [9.17, 15) is 24.9 Å². The molecule has 102 valence electrons. The summed E-state index contributed by atoms with van der Waals surface area (Å²) in [6, 6.07) is -1.01. The van der Waals surface area contributed by atoms with Crippen LogP contribution in [0.5, 0.6) is 0 Å². The van der Waals surface area contributed by atoms with Crippen molar-refractivity contribution in [1.82, 2.24) is 5.32 Å². The molecular weight excluding hydrogens is 265 g/mol. The minimum Gasteiger partial charge on any atom is -0.545 e. The summed E-state index contributed by atoms with van der Waals surface area (Å²) in [5.41, 5.74) is -0.321. The van der Waals surface area contributed by atoms with Gasteiger partial charge in [0, 0.05) is 19.1 Å². The number of rotatable bonds is 4. The number of carbonyl (C=O) groups is 2. The number of hydrogen-bond donors (Lipinski definition) is 3. The molecule has 1 amide bonds. The zero-order chi connectivity index (χ0) is 13.9. The Bertz CT molecular complexity index is 372. The van der Waals surface area contributed by atoms with Crippen LogP contribution >= 0.6 is 0 Å². The number of amides is 1. The fourth-order valence-corrected chi connectivity index (χ4v) is 1.91. The van der Waals surface area contributed by atoms with Crippen LogP contribution in [0, 0.1) is 0 Å². The smallest absolute Gasteiger partial charge is 0.545 e. The Kier molecular flexibility index (Phi) is 7.80. The minimum atomic E-state index is -1.52. The summed E-state index contributed by atoms with van der Waals surface area (Å²) in [7, 11) is 0. The van der Waals surface area contributed by atoms with Gasteiger partial charge in [-0.05, 0) is 13.0 Å². The van der Waals surface area contributed by atoms with E-state index in [0.717, 1.165) is 6.08 Å². The molecule has 7 nitrogen and oxygen atoms in total. The monoisotopic (exact) mass is 281 g/mol. The van der Waals surface area contributed by atoms with Crippen LogP contribution in [0.25, 0.3) is 0 Å². The molecule has 0 aromatic rings. The molecule has 0 aliphatic heterocycles. The van der Waals surface area contributed by atoms with Crippen LogP contribution in [0.2, 0.25) is 0 Å². The number of aliphatic hydroxyl groups excluding tert-OH is 2. The molecule has 8 heteroatoms. The first-order valence-corrected chi connectivity index (χ1v) is 5.56. The van der Waals surface area contributed by atoms with Crippen molar-refractivity contribution in [1.29, 1.82) is 0 Å². The van der Waals surface area contributed by atoms with E-state index >= 15 is 0 Å². The number of ether oxygens (including phenoxy) is 1. The molecule has 0 aromatic carbocycles. The average molecular weight is 281 g/mol. The van der Waals surface area contributed by atoms with E-state index in [1.165, 1.54) is 6.92 Å². The van der Waals surface area contributed by atoms with Crippen LogP contribution in [-0.4, -0.2) is 53.1 Å². The van der Waals surface area contributed by atoms with Crippen molar-refractivity contribution >= 4 is 11.9 Å². The predicted molar refractivity (Wildman–Crippen MR) is 58.1 cm³/mol. The number of carboxylic acids is 1. The number of hydrogen-bond acceptors (Lipinski definition) is 6. The molecule has 0 saturated carbocycles. The van der Waals surface area contributed by atoms with Gasteiger partial charge in [-0.15, -0.1) is 0 Å². The first kappa shape index (κ1) is 18.6. The molecule has 4 atom stereocenters. The van der Waals surface area contributed by atoms with Gasteiger partial charge in [-0.3, -0.25) is 4.79 Å². The second-order valence-corrected chi connectivity index (χ2v) is 3.99. The molecule has 3 N–H and O–H groups in total. The number of carboxylic acid groups (broad SMARTS) is 1. The van der Waals surface area contributed by atoms with Crippen LogP contribution in [0.4, 0.5) is 0 Å². The topological polar surface area (TPSA) is 119 Å². The maximum Gasteiger partial charge on any atom is 1.00 e. The molecule has 0 saturated heterocycles. The van der Waals surface area contributed by atoms with E-state index in [1.807, 2.05) is 0 Å². The summed E-state index contributed by atoms with van der Waals surface area (Å²) < 4.78 is 5.13. The number of nitrogens with one attached hydrogen (secondary N) is 1. The molecule has 0 spiro atoms. The molecule has 19 heavy (non-hydrogen) atoms. The maximum atomic E-state index is 11.0. The fourth-order valence-electron chi connectivity index (χ4n) is 1.91. The summed E-state index contributed by atoms with van der Waals surface area (Å²) in [4.78, 5) is 21.9. The Morgan fingerprint density at radius 3 is 2.47 bits per heavy atom. The van der Waals surface area contributed by atoms with Gasteiger partial charge in [-0.2, -0.15) is 0 Å². The first-order chi connectivity index (χ1) is 8.38. The van der Waals surface area contributed by atoms with E-state index in [2.05, 4.69) is 5.32 Å². The van der Waals surface area contributed by atoms with Gasteiger partial charge in [0.05, 0.1) is 18.1 Å². The zero-order valence-electron chi connectivity index (χ0n) is 11.1. The maximum absolute atomic E-state index is 11.0. The molecule has 0 heterocycles. The molecule has 4 unspecified atom stereocenters. The summed E-state index contributed by atoms with van der Waals surface area (Å²) >= 11 is 0. The van der Waals surface area contributed by atoms with Gasteiger partial charge in [-0.25, -0.2) is 0 Å². The molecule has 1 aliphatic carbocycles. The second kappa shape index (κ2) is 7.98. The van der Waals surface area contributed by atoms with E-state index in [0.29, 0.717) is 0 Å². The van der Waals surface area contributed by atoms with Gasteiger partial charge in [0.1, 0.15) is 12.2 Å². The Labute approximate surface area is 132 Å². The Morgan fingerprint density at radius 2 is 2.05 bits per heavy atom. The van der Waals surface area contributed by atoms with Gasteiger partial charge in [-0.1, -0.05) is 0 Å². The number of carbonyl (C=O) groups excluding carboxylic acids is 2. The number of aliphatic carboxylic acids is 1. The van der Waals surface area contributed by atoms with Crippen LogP contribution in [0.3, 0.4) is 0 Å². The van der Waals surface area contributed by atoms with E-state index in [4.69, 9.17) is 4.74 Å². The SMILES string of the molecule is CCOC1C(C(=O)[O-])=CC(O)C(NC(C)=O)C1O.[Na+]. The number of aliphatic hydroxyl groups is 2. The molecular formula is C11H16NNaO6. The summed E-state index contributed by atoms with van der Waals surface area (Å²) in [6.07, 6.45) is -2.79. The molecule has 0 radical (unpaired) electrons. The van der Waals surface area contributed by atoms with Crippen molar-refractivity contribution in [3.8, 4) is 0 Å². The average Bonchev–Trinajstić information content (AvgIpc) is 2.27. The standard InChI is InChI=1S/C11H17NO6.Na/c1-3-18-10-6(11(16)17)4-7(14)8(9(10)15)12-5(2)13;/h4,7-10,14-15H,3H2,1-2H3,(H,12,13)(H,16,17);/q;+1/p-1. The van der Waals surface area contributed by atoms with Crippen molar-refractivity contribution in [2.24, 2.45) is 0 Å². The van der Waals surface area contributed by atoms with Crippen LogP contribution in [-0.2, 0) is 14.3 Å². The van der Waals surface area contributed by atoms with Crippen molar-refractivity contribution in [3.63, 3.8) is 0 Å². The van der Waals surface area contributed by atoms with Crippen LogP contribution < -0.4 is 40.0 Å². The van der Waals surface area contributed by atoms with E-state index in [1.54, 1.807) is 6.92 Å². The Balaban J connectivity index is 0.00000324. The summed E-state index contributed by atoms with van der Waals surface area (Å²) in [6.45, 7) is 3.04. The van der Waals surface area contributed by atoms with Crippen LogP contribution in [0.1, 0.15) is 13.8 Å². The molecule has 0 bridgehead atoms. The van der Waals surface area contributed by atoms with E-state index < -0.39 is 36.2 Å². The Morgan fingerprint density at radius 1 is 1.47 bits per heavy atom. The van der Waals surface area contributed by atoms with Gasteiger partial charge in [0.25, 0.3) is 0 Å². The Hall–Kier alpha value is -0.440. The first-order valence-electron chi connectivity index (χ1n) is 5.56. The van der Waals surface area contributed by atoms with Crippen molar-refractivity contribution in [2.75, 3.05) is 6.61 Å². The summed E-state index contributed by atoms with van der Waals surface area (Å²) in [5, 5.41) is 32.9. The largest absolute Gasteiger partial charge is 1.00 e. The van der Waals surface area contributed by atoms with Gasteiger partial charge in [0.2, 0.25) is 5.91 Å². The predicted octanol–water partition coefficient (Wildman–Crippen LogP) is -5.69.